The minimum absolute atomic E-state index is 0.118. The lowest BCUT2D eigenvalue weighted by Gasteiger charge is -2.30. The third-order valence-corrected chi connectivity index (χ3v) is 3.08. The number of hydrogen-bond acceptors (Lipinski definition) is 5. The maximum atomic E-state index is 11.7. The van der Waals surface area contributed by atoms with Crippen LogP contribution in [0.25, 0.3) is 0 Å². The Balaban J connectivity index is 2.38. The minimum atomic E-state index is -0.489. The first-order valence-corrected chi connectivity index (χ1v) is 7.03. The number of esters is 1. The molecule has 0 spiro atoms. The number of rotatable bonds is 5. The lowest BCUT2D eigenvalue weighted by Crippen LogP contribution is -2.47. The Morgan fingerprint density at radius 3 is 2.70 bits per heavy atom. The summed E-state index contributed by atoms with van der Waals surface area (Å²) in [5, 5.41) is 4.74. The first-order chi connectivity index (χ1) is 9.56. The van der Waals surface area contributed by atoms with Gasteiger partial charge >= 0.3 is 12.0 Å². The summed E-state index contributed by atoms with van der Waals surface area (Å²) in [4.78, 5) is 36.4. The number of imide groups is 1. The molecule has 0 bridgehead atoms. The Labute approximate surface area is 119 Å². The zero-order chi connectivity index (χ0) is 15.0. The topological polar surface area (TPSA) is 87.7 Å². The molecule has 1 saturated heterocycles. The third-order valence-electron chi connectivity index (χ3n) is 3.08. The van der Waals surface area contributed by atoms with E-state index in [2.05, 4.69) is 10.6 Å². The van der Waals surface area contributed by atoms with Crippen LogP contribution in [0, 0.1) is 5.92 Å². The zero-order valence-corrected chi connectivity index (χ0v) is 12.1. The maximum Gasteiger partial charge on any atom is 0.321 e. The normalized spacial score (nSPS) is 19.2. The molecule has 1 heterocycles. The molecule has 1 fully saturated rings. The van der Waals surface area contributed by atoms with Gasteiger partial charge in [-0.2, -0.15) is 0 Å². The number of piperidine rings is 1. The number of carbonyl (C=O) groups is 3. The van der Waals surface area contributed by atoms with Crippen LogP contribution in [0.15, 0.2) is 0 Å². The van der Waals surface area contributed by atoms with E-state index in [9.17, 15) is 14.4 Å². The number of likely N-dealkylation sites (tertiary alicyclic amines) is 1. The Bertz CT molecular complexity index is 360. The highest BCUT2D eigenvalue weighted by Gasteiger charge is 2.27. The fourth-order valence-corrected chi connectivity index (χ4v) is 2.23. The van der Waals surface area contributed by atoms with Crippen LogP contribution in [-0.4, -0.2) is 55.6 Å². The predicted molar refractivity (Wildman–Crippen MR) is 73.0 cm³/mol. The molecule has 0 aromatic rings. The van der Waals surface area contributed by atoms with Crippen molar-refractivity contribution >= 4 is 17.9 Å². The average Bonchev–Trinajstić information content (AvgIpc) is 2.39. The van der Waals surface area contributed by atoms with Crippen LogP contribution in [0.2, 0.25) is 0 Å². The van der Waals surface area contributed by atoms with Gasteiger partial charge < -0.3 is 10.1 Å². The molecule has 20 heavy (non-hydrogen) atoms. The van der Waals surface area contributed by atoms with E-state index in [1.54, 1.807) is 13.8 Å². The summed E-state index contributed by atoms with van der Waals surface area (Å²) in [5.41, 5.74) is 0. The monoisotopic (exact) mass is 285 g/mol. The number of nitrogens with zero attached hydrogens (tertiary/aromatic N) is 1. The number of ether oxygens (including phenoxy) is 1. The van der Waals surface area contributed by atoms with Gasteiger partial charge in [0.1, 0.15) is 0 Å². The maximum absolute atomic E-state index is 11.7. The van der Waals surface area contributed by atoms with Crippen molar-refractivity contribution in [2.45, 2.75) is 26.7 Å². The van der Waals surface area contributed by atoms with Gasteiger partial charge in [-0.3, -0.25) is 19.8 Å². The molecule has 0 aliphatic carbocycles. The molecule has 0 aromatic heterocycles. The van der Waals surface area contributed by atoms with Crippen molar-refractivity contribution in [3.8, 4) is 0 Å². The molecular formula is C13H23N3O4. The molecule has 1 aliphatic heterocycles. The molecule has 0 saturated carbocycles. The largest absolute Gasteiger partial charge is 0.466 e. The van der Waals surface area contributed by atoms with Crippen LogP contribution < -0.4 is 10.6 Å². The first-order valence-electron chi connectivity index (χ1n) is 7.03. The molecule has 114 valence electrons. The van der Waals surface area contributed by atoms with E-state index in [-0.39, 0.29) is 24.3 Å². The molecule has 1 atom stereocenters. The van der Waals surface area contributed by atoms with Gasteiger partial charge in [0.2, 0.25) is 5.91 Å². The van der Waals surface area contributed by atoms with Gasteiger partial charge in [-0.1, -0.05) is 0 Å². The molecule has 3 amide bonds. The van der Waals surface area contributed by atoms with E-state index in [0.29, 0.717) is 19.7 Å². The Morgan fingerprint density at radius 1 is 1.30 bits per heavy atom. The van der Waals surface area contributed by atoms with Crippen LogP contribution in [-0.2, 0) is 14.3 Å². The molecule has 0 aromatic carbocycles. The average molecular weight is 285 g/mol. The third kappa shape index (κ3) is 5.56. The molecular weight excluding hydrogens is 262 g/mol. The zero-order valence-electron chi connectivity index (χ0n) is 12.1. The van der Waals surface area contributed by atoms with Crippen molar-refractivity contribution in [3.63, 3.8) is 0 Å². The van der Waals surface area contributed by atoms with Crippen LogP contribution in [0.1, 0.15) is 26.7 Å². The fraction of sp³-hybridized carbons (Fsp3) is 0.769. The molecule has 7 heteroatoms. The quantitative estimate of drug-likeness (QED) is 0.700. The highest BCUT2D eigenvalue weighted by atomic mass is 16.5. The van der Waals surface area contributed by atoms with E-state index in [1.165, 1.54) is 0 Å². The first kappa shape index (κ1) is 16.4. The van der Waals surface area contributed by atoms with E-state index in [4.69, 9.17) is 4.74 Å². The van der Waals surface area contributed by atoms with Gasteiger partial charge in [0.25, 0.3) is 0 Å². The SMILES string of the molecule is CCNC(=O)NC(=O)CN1CCCC(C(=O)OCC)C1. The summed E-state index contributed by atoms with van der Waals surface area (Å²) in [6.45, 7) is 5.76. The van der Waals surface area contributed by atoms with Gasteiger partial charge in [-0.15, -0.1) is 0 Å². The highest BCUT2D eigenvalue weighted by molar-refractivity contribution is 5.95. The van der Waals surface area contributed by atoms with Crippen molar-refractivity contribution < 1.29 is 19.1 Å². The van der Waals surface area contributed by atoms with Crippen LogP contribution in [0.3, 0.4) is 0 Å². The molecule has 2 N–H and O–H groups in total. The molecule has 7 nitrogen and oxygen atoms in total. The molecule has 1 aliphatic rings. The number of amides is 3. The Kier molecular flexibility index (Phi) is 7.00. The lowest BCUT2D eigenvalue weighted by molar-refractivity contribution is -0.150. The summed E-state index contributed by atoms with van der Waals surface area (Å²) >= 11 is 0. The van der Waals surface area contributed by atoms with Crippen molar-refractivity contribution in [2.75, 3.05) is 32.8 Å². The van der Waals surface area contributed by atoms with Gasteiger partial charge in [-0.05, 0) is 33.2 Å². The second-order valence-corrected chi connectivity index (χ2v) is 4.73. The smallest absolute Gasteiger partial charge is 0.321 e. The minimum Gasteiger partial charge on any atom is -0.466 e. The van der Waals surface area contributed by atoms with Crippen molar-refractivity contribution in [3.05, 3.63) is 0 Å². The van der Waals surface area contributed by atoms with E-state index >= 15 is 0 Å². The van der Waals surface area contributed by atoms with Crippen LogP contribution in [0.4, 0.5) is 4.79 Å². The van der Waals surface area contributed by atoms with Gasteiger partial charge in [-0.25, -0.2) is 4.79 Å². The standard InChI is InChI=1S/C13H23N3O4/c1-3-14-13(19)15-11(17)9-16-7-5-6-10(8-16)12(18)20-4-2/h10H,3-9H2,1-2H3,(H2,14,15,17,19). The molecule has 1 rings (SSSR count). The fourth-order valence-electron chi connectivity index (χ4n) is 2.23. The highest BCUT2D eigenvalue weighted by Crippen LogP contribution is 2.17. The number of urea groups is 1. The van der Waals surface area contributed by atoms with E-state index in [1.807, 2.05) is 4.90 Å². The van der Waals surface area contributed by atoms with Crippen molar-refractivity contribution in [1.29, 1.82) is 0 Å². The Hall–Kier alpha value is -1.63. The summed E-state index contributed by atoms with van der Waals surface area (Å²) in [6.07, 6.45) is 1.63. The Morgan fingerprint density at radius 2 is 2.05 bits per heavy atom. The van der Waals surface area contributed by atoms with Gasteiger partial charge in [0.15, 0.2) is 0 Å². The second-order valence-electron chi connectivity index (χ2n) is 4.73. The summed E-state index contributed by atoms with van der Waals surface area (Å²) in [6, 6.07) is -0.489. The number of carbonyl (C=O) groups excluding carboxylic acids is 3. The van der Waals surface area contributed by atoms with Crippen molar-refractivity contribution in [1.82, 2.24) is 15.5 Å². The van der Waals surface area contributed by atoms with Crippen LogP contribution in [0.5, 0.6) is 0 Å². The summed E-state index contributed by atoms with van der Waals surface area (Å²) in [7, 11) is 0. The summed E-state index contributed by atoms with van der Waals surface area (Å²) < 4.78 is 5.00. The number of hydrogen-bond donors (Lipinski definition) is 2. The van der Waals surface area contributed by atoms with Gasteiger partial charge in [0.05, 0.1) is 19.1 Å². The van der Waals surface area contributed by atoms with Crippen LogP contribution >= 0.6 is 0 Å². The summed E-state index contributed by atoms with van der Waals surface area (Å²) in [5.74, 6) is -0.747. The molecule has 0 radical (unpaired) electrons. The number of nitrogens with one attached hydrogen (secondary N) is 2. The van der Waals surface area contributed by atoms with E-state index in [0.717, 1.165) is 19.4 Å². The predicted octanol–water partition coefficient (Wildman–Crippen LogP) is 0.107. The van der Waals surface area contributed by atoms with Crippen molar-refractivity contribution in [2.24, 2.45) is 5.92 Å². The van der Waals surface area contributed by atoms with Gasteiger partial charge in [0, 0.05) is 13.1 Å². The van der Waals surface area contributed by atoms with E-state index < -0.39 is 6.03 Å². The molecule has 1 unspecified atom stereocenters. The second kappa shape index (κ2) is 8.52. The lowest BCUT2D eigenvalue weighted by atomic mass is 9.98.